The van der Waals surface area contributed by atoms with Gasteiger partial charge in [0.15, 0.2) is 0 Å². The molecule has 4 rings (SSSR count). The van der Waals surface area contributed by atoms with Crippen molar-refractivity contribution in [1.82, 2.24) is 9.80 Å². The first-order chi connectivity index (χ1) is 15.4. The highest BCUT2D eigenvalue weighted by atomic mass is 19.1. The van der Waals surface area contributed by atoms with Gasteiger partial charge in [0.2, 0.25) is 0 Å². The number of phenols is 1. The maximum absolute atomic E-state index is 12.5. The summed E-state index contributed by atoms with van der Waals surface area (Å²) in [4.78, 5) is 15.6. The molecule has 7 heteroatoms. The van der Waals surface area contributed by atoms with Crippen LogP contribution in [0.5, 0.6) is 11.5 Å². The second kappa shape index (κ2) is 9.46. The van der Waals surface area contributed by atoms with Crippen LogP contribution in [-0.4, -0.2) is 72.0 Å². The normalized spacial score (nSPS) is 21.7. The molecule has 2 heterocycles. The van der Waals surface area contributed by atoms with Crippen molar-refractivity contribution < 1.29 is 24.1 Å². The average Bonchev–Trinajstić information content (AvgIpc) is 2.75. The molecule has 1 fully saturated rings. The number of carboxylic acid groups (broad SMARTS) is 1. The third-order valence-electron chi connectivity index (χ3n) is 6.84. The van der Waals surface area contributed by atoms with Crippen LogP contribution in [-0.2, 0) is 16.8 Å². The van der Waals surface area contributed by atoms with Crippen molar-refractivity contribution in [2.24, 2.45) is 5.92 Å². The molecule has 0 spiro atoms. The van der Waals surface area contributed by atoms with E-state index in [1.165, 1.54) is 0 Å². The molecule has 6 nitrogen and oxygen atoms in total. The summed E-state index contributed by atoms with van der Waals surface area (Å²) in [6.45, 7) is 5.98. The summed E-state index contributed by atoms with van der Waals surface area (Å²) >= 11 is 0. The maximum Gasteiger partial charge on any atom is 0.304 e. The van der Waals surface area contributed by atoms with Crippen molar-refractivity contribution >= 4 is 5.97 Å². The fraction of sp³-hybridized carbons (Fsp3) is 0.480. The standard InChI is InChI=1S/C25H31FN2O4/c1-25(20-2-5-22(6-3-20)32-13-12-27-16-18(15-26)17-27)23-7-4-21(29)14-19(23)8-10-28(25)11-9-24(30)31/h2-7,14,18,29H,8-13,15-17H2,1H3,(H,30,31)/t25-/m1/s1. The fourth-order valence-corrected chi connectivity index (χ4v) is 4.94. The first kappa shape index (κ1) is 22.6. The van der Waals surface area contributed by atoms with E-state index >= 15 is 0 Å². The number of aliphatic carboxylic acids is 1. The number of ether oxygens (including phenoxy) is 1. The molecule has 2 aromatic rings. The maximum atomic E-state index is 12.5. The van der Waals surface area contributed by atoms with Crippen molar-refractivity contribution in [3.8, 4) is 11.5 Å². The number of hydrogen-bond donors (Lipinski definition) is 2. The Bertz CT molecular complexity index is 945. The van der Waals surface area contributed by atoms with Gasteiger partial charge in [0.1, 0.15) is 18.1 Å². The Morgan fingerprint density at radius 1 is 1.19 bits per heavy atom. The minimum Gasteiger partial charge on any atom is -0.508 e. The molecular formula is C25H31FN2O4. The molecule has 2 N–H and O–H groups in total. The summed E-state index contributed by atoms with van der Waals surface area (Å²) in [7, 11) is 0. The monoisotopic (exact) mass is 442 g/mol. The van der Waals surface area contributed by atoms with E-state index in [2.05, 4.69) is 16.7 Å². The molecule has 0 bridgehead atoms. The quantitative estimate of drug-likeness (QED) is 0.621. The second-order valence-electron chi connectivity index (χ2n) is 8.95. The lowest BCUT2D eigenvalue weighted by Crippen LogP contribution is -2.50. The number of hydrogen-bond acceptors (Lipinski definition) is 5. The number of alkyl halides is 1. The number of likely N-dealkylation sites (tertiary alicyclic amines) is 1. The zero-order chi connectivity index (χ0) is 22.7. The highest BCUT2D eigenvalue weighted by molar-refractivity contribution is 5.67. The minimum absolute atomic E-state index is 0.0734. The first-order valence-electron chi connectivity index (χ1n) is 11.2. The number of benzene rings is 2. The van der Waals surface area contributed by atoms with Crippen molar-refractivity contribution in [2.75, 3.05) is 46.0 Å². The van der Waals surface area contributed by atoms with E-state index in [-0.39, 0.29) is 24.8 Å². The van der Waals surface area contributed by atoms with Crippen LogP contribution in [0.1, 0.15) is 30.0 Å². The highest BCUT2D eigenvalue weighted by Gasteiger charge is 2.40. The Balaban J connectivity index is 1.50. The molecule has 0 aromatic heterocycles. The SMILES string of the molecule is C[C@@]1(c2ccc(OCCN3CC(CF)C3)cc2)c2ccc(O)cc2CCN1CCC(=O)O. The third-order valence-corrected chi connectivity index (χ3v) is 6.84. The van der Waals surface area contributed by atoms with Gasteiger partial charge in [-0.05, 0) is 54.3 Å². The number of phenolic OH excluding ortho intramolecular Hbond substituents is 1. The Morgan fingerprint density at radius 3 is 2.62 bits per heavy atom. The Morgan fingerprint density at radius 2 is 1.94 bits per heavy atom. The smallest absolute Gasteiger partial charge is 0.304 e. The third kappa shape index (κ3) is 4.59. The van der Waals surface area contributed by atoms with Gasteiger partial charge in [-0.1, -0.05) is 18.2 Å². The zero-order valence-electron chi connectivity index (χ0n) is 18.5. The minimum atomic E-state index is -0.812. The van der Waals surface area contributed by atoms with Gasteiger partial charge in [-0.3, -0.25) is 19.0 Å². The number of halogens is 1. The van der Waals surface area contributed by atoms with E-state index < -0.39 is 11.5 Å². The lowest BCUT2D eigenvalue weighted by molar-refractivity contribution is -0.137. The van der Waals surface area contributed by atoms with Crippen molar-refractivity contribution in [3.05, 3.63) is 59.2 Å². The lowest BCUT2D eigenvalue weighted by atomic mass is 9.77. The largest absolute Gasteiger partial charge is 0.508 e. The van der Waals surface area contributed by atoms with Gasteiger partial charge in [-0.2, -0.15) is 0 Å². The summed E-state index contributed by atoms with van der Waals surface area (Å²) < 4.78 is 18.4. The molecule has 0 radical (unpaired) electrons. The summed E-state index contributed by atoms with van der Waals surface area (Å²) in [5.41, 5.74) is 2.71. The lowest BCUT2D eigenvalue weighted by Gasteiger charge is -2.46. The van der Waals surface area contributed by atoms with Gasteiger partial charge < -0.3 is 14.9 Å². The summed E-state index contributed by atoms with van der Waals surface area (Å²) in [5.74, 6) is 0.389. The van der Waals surface area contributed by atoms with Crippen LogP contribution in [0.25, 0.3) is 0 Å². The van der Waals surface area contributed by atoms with Crippen molar-refractivity contribution in [1.29, 1.82) is 0 Å². The van der Waals surface area contributed by atoms with E-state index in [4.69, 9.17) is 4.74 Å². The molecule has 1 saturated heterocycles. The van der Waals surface area contributed by atoms with Gasteiger partial charge >= 0.3 is 5.97 Å². The van der Waals surface area contributed by atoms with E-state index in [0.29, 0.717) is 19.7 Å². The fourth-order valence-electron chi connectivity index (χ4n) is 4.94. The van der Waals surface area contributed by atoms with E-state index in [9.17, 15) is 19.4 Å². The highest BCUT2D eigenvalue weighted by Crippen LogP contribution is 2.42. The van der Waals surface area contributed by atoms with Crippen LogP contribution in [0.4, 0.5) is 4.39 Å². The van der Waals surface area contributed by atoms with Crippen LogP contribution in [0.3, 0.4) is 0 Å². The number of fused-ring (bicyclic) bond motifs is 1. The van der Waals surface area contributed by atoms with Gasteiger partial charge in [-0.25, -0.2) is 0 Å². The predicted molar refractivity (Wildman–Crippen MR) is 120 cm³/mol. The number of aromatic hydroxyl groups is 1. The molecule has 172 valence electrons. The topological polar surface area (TPSA) is 73.2 Å². The van der Waals surface area contributed by atoms with Crippen LogP contribution < -0.4 is 4.74 Å². The Labute approximate surface area is 188 Å². The number of rotatable bonds is 9. The molecule has 0 amide bonds. The van der Waals surface area contributed by atoms with Gasteiger partial charge in [0, 0.05) is 38.6 Å². The van der Waals surface area contributed by atoms with E-state index in [1.807, 2.05) is 36.4 Å². The Kier molecular flexibility index (Phi) is 6.67. The molecule has 32 heavy (non-hydrogen) atoms. The molecular weight excluding hydrogens is 411 g/mol. The molecule has 0 saturated carbocycles. The summed E-state index contributed by atoms with van der Waals surface area (Å²) in [6, 6.07) is 13.4. The van der Waals surface area contributed by atoms with Crippen LogP contribution in [0, 0.1) is 5.92 Å². The van der Waals surface area contributed by atoms with Crippen molar-refractivity contribution in [2.45, 2.75) is 25.3 Å². The van der Waals surface area contributed by atoms with Gasteiger partial charge in [0.05, 0.1) is 18.6 Å². The first-order valence-corrected chi connectivity index (χ1v) is 11.2. The molecule has 2 aromatic carbocycles. The number of nitrogens with zero attached hydrogens (tertiary/aromatic N) is 2. The molecule has 1 atom stereocenters. The zero-order valence-corrected chi connectivity index (χ0v) is 18.5. The Hall–Kier alpha value is -2.64. The van der Waals surface area contributed by atoms with Gasteiger partial charge in [-0.15, -0.1) is 0 Å². The number of carboxylic acids is 1. The van der Waals surface area contributed by atoms with Crippen LogP contribution in [0.2, 0.25) is 0 Å². The van der Waals surface area contributed by atoms with E-state index in [0.717, 1.165) is 48.5 Å². The van der Waals surface area contributed by atoms with Gasteiger partial charge in [0.25, 0.3) is 0 Å². The predicted octanol–water partition coefficient (Wildman–Crippen LogP) is 3.27. The summed E-state index contributed by atoms with van der Waals surface area (Å²) in [5, 5.41) is 19.2. The molecule has 2 aliphatic heterocycles. The summed E-state index contributed by atoms with van der Waals surface area (Å²) in [6.07, 6.45) is 0.837. The van der Waals surface area contributed by atoms with Crippen molar-refractivity contribution in [3.63, 3.8) is 0 Å². The molecule has 0 aliphatic carbocycles. The van der Waals surface area contributed by atoms with Crippen LogP contribution in [0.15, 0.2) is 42.5 Å². The second-order valence-corrected chi connectivity index (χ2v) is 8.95. The molecule has 2 aliphatic rings. The number of carbonyl (C=O) groups is 1. The van der Waals surface area contributed by atoms with Crippen LogP contribution >= 0.6 is 0 Å². The average molecular weight is 443 g/mol. The molecule has 0 unspecified atom stereocenters. The van der Waals surface area contributed by atoms with E-state index in [1.54, 1.807) is 6.07 Å².